The summed E-state index contributed by atoms with van der Waals surface area (Å²) >= 11 is 4.30. The predicted octanol–water partition coefficient (Wildman–Crippen LogP) is 2.45. The summed E-state index contributed by atoms with van der Waals surface area (Å²) in [7, 11) is 0. The number of fused-ring (bicyclic) bond motifs is 1. The number of benzene rings is 2. The van der Waals surface area contributed by atoms with E-state index in [1.165, 1.54) is 6.92 Å². The number of rotatable bonds is 10. The highest BCUT2D eigenvalue weighted by atomic mass is 32.1. The molecule has 3 atom stereocenters. The lowest BCUT2D eigenvalue weighted by molar-refractivity contribution is -0.132. The Morgan fingerprint density at radius 1 is 0.967 bits per heavy atom. The summed E-state index contributed by atoms with van der Waals surface area (Å²) in [4.78, 5) is 37.0. The van der Waals surface area contributed by atoms with Crippen LogP contribution in [0, 0.1) is 11.8 Å². The Morgan fingerprint density at radius 3 is 2.23 bits per heavy atom. The number of nitrogens with two attached hydrogens (primary N) is 1. The Balaban J connectivity index is 2.23. The second-order valence-corrected chi connectivity index (χ2v) is 8.45. The van der Waals surface area contributed by atoms with E-state index < -0.39 is 23.9 Å². The van der Waals surface area contributed by atoms with Gasteiger partial charge in [0.05, 0.1) is 0 Å². The van der Waals surface area contributed by atoms with Crippen LogP contribution in [0.2, 0.25) is 0 Å². The van der Waals surface area contributed by atoms with E-state index in [0.29, 0.717) is 24.5 Å². The predicted molar refractivity (Wildman–Crippen MR) is 123 cm³/mol. The summed E-state index contributed by atoms with van der Waals surface area (Å²) in [5.41, 5.74) is 6.18. The topological polar surface area (TPSA) is 101 Å². The van der Waals surface area contributed by atoms with Crippen molar-refractivity contribution in [2.75, 3.05) is 5.75 Å². The third-order valence-electron chi connectivity index (χ3n) is 5.02. The van der Waals surface area contributed by atoms with Gasteiger partial charge in [0.2, 0.25) is 17.7 Å². The van der Waals surface area contributed by atoms with Crippen molar-refractivity contribution in [3.63, 3.8) is 0 Å². The third-order valence-corrected chi connectivity index (χ3v) is 5.46. The minimum Gasteiger partial charge on any atom is -0.368 e. The minimum atomic E-state index is -0.829. The Kier molecular flexibility index (Phi) is 8.72. The first-order valence-electron chi connectivity index (χ1n) is 10.2. The molecule has 162 valence electrons. The standard InChI is InChI=1S/C23H31N3O3S/c1-14(2)10-19(13-30)22(28)26-20(23(29)25-15(3)21(24)27)12-16-8-9-17-6-4-5-7-18(17)11-16/h4-9,11,14-15,19-20,30H,10,12-13H2,1-3H3,(H2,24,27)(H,25,29)(H,26,28). The summed E-state index contributed by atoms with van der Waals surface area (Å²) in [6.07, 6.45) is 0.978. The normalized spacial score (nSPS) is 14.2. The first-order chi connectivity index (χ1) is 14.2. The molecule has 2 aromatic rings. The highest BCUT2D eigenvalue weighted by molar-refractivity contribution is 7.80. The Morgan fingerprint density at radius 2 is 1.63 bits per heavy atom. The summed E-state index contributed by atoms with van der Waals surface area (Å²) < 4.78 is 0. The molecule has 2 rings (SSSR count). The molecule has 4 N–H and O–H groups in total. The van der Waals surface area contributed by atoms with Gasteiger partial charge in [-0.3, -0.25) is 14.4 Å². The van der Waals surface area contributed by atoms with Gasteiger partial charge in [-0.1, -0.05) is 56.3 Å². The third kappa shape index (κ3) is 6.76. The molecule has 3 unspecified atom stereocenters. The molecular weight excluding hydrogens is 398 g/mol. The first kappa shape index (κ1) is 23.7. The maximum Gasteiger partial charge on any atom is 0.243 e. The average Bonchev–Trinajstić information content (AvgIpc) is 2.70. The van der Waals surface area contributed by atoms with E-state index in [9.17, 15) is 14.4 Å². The maximum absolute atomic E-state index is 12.8. The molecule has 0 saturated heterocycles. The van der Waals surface area contributed by atoms with Crippen molar-refractivity contribution in [3.05, 3.63) is 48.0 Å². The van der Waals surface area contributed by atoms with Crippen molar-refractivity contribution < 1.29 is 14.4 Å². The lowest BCUT2D eigenvalue weighted by Gasteiger charge is -2.24. The van der Waals surface area contributed by atoms with Crippen LogP contribution in [-0.2, 0) is 20.8 Å². The van der Waals surface area contributed by atoms with Crippen LogP contribution in [0.5, 0.6) is 0 Å². The van der Waals surface area contributed by atoms with E-state index in [0.717, 1.165) is 16.3 Å². The van der Waals surface area contributed by atoms with E-state index in [2.05, 4.69) is 23.3 Å². The first-order valence-corrected chi connectivity index (χ1v) is 10.8. The largest absolute Gasteiger partial charge is 0.368 e. The number of amides is 3. The molecule has 0 fully saturated rings. The molecule has 3 amide bonds. The highest BCUT2D eigenvalue weighted by Gasteiger charge is 2.27. The van der Waals surface area contributed by atoms with Crippen molar-refractivity contribution in [3.8, 4) is 0 Å². The molecule has 0 aliphatic rings. The molecule has 7 heteroatoms. The van der Waals surface area contributed by atoms with Crippen LogP contribution in [0.3, 0.4) is 0 Å². The zero-order valence-electron chi connectivity index (χ0n) is 17.7. The van der Waals surface area contributed by atoms with Gasteiger partial charge in [0.25, 0.3) is 0 Å². The van der Waals surface area contributed by atoms with Gasteiger partial charge in [0, 0.05) is 18.1 Å². The fourth-order valence-corrected chi connectivity index (χ4v) is 3.63. The fraction of sp³-hybridized carbons (Fsp3) is 0.435. The lowest BCUT2D eigenvalue weighted by atomic mass is 9.96. The molecule has 0 heterocycles. The number of primary amides is 1. The molecule has 30 heavy (non-hydrogen) atoms. The summed E-state index contributed by atoms with van der Waals surface area (Å²) in [5, 5.41) is 7.61. The number of thiol groups is 1. The van der Waals surface area contributed by atoms with Crippen LogP contribution >= 0.6 is 12.6 Å². The van der Waals surface area contributed by atoms with Crippen molar-refractivity contribution in [1.82, 2.24) is 10.6 Å². The number of nitrogens with one attached hydrogen (secondary N) is 2. The zero-order valence-corrected chi connectivity index (χ0v) is 18.6. The van der Waals surface area contributed by atoms with E-state index in [4.69, 9.17) is 5.73 Å². The quantitative estimate of drug-likeness (QED) is 0.436. The highest BCUT2D eigenvalue weighted by Crippen LogP contribution is 2.18. The van der Waals surface area contributed by atoms with Crippen LogP contribution in [0.4, 0.5) is 0 Å². The van der Waals surface area contributed by atoms with Crippen molar-refractivity contribution >= 4 is 41.1 Å². The van der Waals surface area contributed by atoms with Crippen LogP contribution in [-0.4, -0.2) is 35.6 Å². The molecule has 6 nitrogen and oxygen atoms in total. The molecule has 0 aliphatic heterocycles. The molecule has 0 bridgehead atoms. The van der Waals surface area contributed by atoms with Crippen LogP contribution in [0.25, 0.3) is 10.8 Å². The van der Waals surface area contributed by atoms with Gasteiger partial charge in [-0.25, -0.2) is 0 Å². The SMILES string of the molecule is CC(C)CC(CS)C(=O)NC(Cc1ccc2ccccc2c1)C(=O)NC(C)C(N)=O. The van der Waals surface area contributed by atoms with E-state index >= 15 is 0 Å². The number of carbonyl (C=O) groups excluding carboxylic acids is 3. The van der Waals surface area contributed by atoms with Gasteiger partial charge in [0.1, 0.15) is 12.1 Å². The van der Waals surface area contributed by atoms with E-state index in [1.54, 1.807) is 0 Å². The second kappa shape index (κ2) is 11.0. The summed E-state index contributed by atoms with van der Waals surface area (Å²) in [6, 6.07) is 12.2. The second-order valence-electron chi connectivity index (χ2n) is 8.09. The van der Waals surface area contributed by atoms with Gasteiger partial charge in [-0.2, -0.15) is 12.6 Å². The Hall–Kier alpha value is -2.54. The van der Waals surface area contributed by atoms with Gasteiger partial charge in [0.15, 0.2) is 0 Å². The van der Waals surface area contributed by atoms with Crippen LogP contribution < -0.4 is 16.4 Å². The van der Waals surface area contributed by atoms with Gasteiger partial charge in [-0.05, 0) is 35.6 Å². The number of carbonyl (C=O) groups is 3. The minimum absolute atomic E-state index is 0.216. The van der Waals surface area contributed by atoms with Gasteiger partial charge >= 0.3 is 0 Å². The molecular formula is C23H31N3O3S. The van der Waals surface area contributed by atoms with E-state index in [-0.39, 0.29) is 11.8 Å². The summed E-state index contributed by atoms with van der Waals surface area (Å²) in [6.45, 7) is 5.60. The Labute approximate surface area is 183 Å². The summed E-state index contributed by atoms with van der Waals surface area (Å²) in [5.74, 6) is -0.861. The van der Waals surface area contributed by atoms with Gasteiger partial charge < -0.3 is 16.4 Å². The average molecular weight is 430 g/mol. The van der Waals surface area contributed by atoms with Crippen LogP contribution in [0.1, 0.15) is 32.8 Å². The van der Waals surface area contributed by atoms with Crippen molar-refractivity contribution in [2.45, 2.75) is 45.7 Å². The molecule has 0 aliphatic carbocycles. The Bertz CT molecular complexity index is 900. The number of hydrogen-bond donors (Lipinski definition) is 4. The molecule has 0 radical (unpaired) electrons. The number of hydrogen-bond acceptors (Lipinski definition) is 4. The van der Waals surface area contributed by atoms with E-state index in [1.807, 2.05) is 56.3 Å². The molecule has 2 aromatic carbocycles. The van der Waals surface area contributed by atoms with Crippen LogP contribution in [0.15, 0.2) is 42.5 Å². The lowest BCUT2D eigenvalue weighted by Crippen LogP contribution is -2.53. The maximum atomic E-state index is 12.8. The molecule has 0 aromatic heterocycles. The smallest absolute Gasteiger partial charge is 0.243 e. The van der Waals surface area contributed by atoms with Crippen molar-refractivity contribution in [2.24, 2.45) is 17.6 Å². The molecule has 0 spiro atoms. The monoisotopic (exact) mass is 429 g/mol. The van der Waals surface area contributed by atoms with Crippen molar-refractivity contribution in [1.29, 1.82) is 0 Å². The van der Waals surface area contributed by atoms with Gasteiger partial charge in [-0.15, -0.1) is 0 Å². The zero-order chi connectivity index (χ0) is 22.3. The molecule has 0 saturated carbocycles. The fourth-order valence-electron chi connectivity index (χ4n) is 3.32.